The van der Waals surface area contributed by atoms with Crippen molar-refractivity contribution in [2.24, 2.45) is 0 Å². The highest BCUT2D eigenvalue weighted by Crippen LogP contribution is 2.05. The van der Waals surface area contributed by atoms with Crippen LogP contribution in [0.2, 0.25) is 0 Å². The molecule has 0 aromatic carbocycles. The van der Waals surface area contributed by atoms with Crippen LogP contribution in [0.15, 0.2) is 24.4 Å². The molecular weight excluding hydrogens is 274 g/mol. The molecule has 2 rings (SSSR count). The van der Waals surface area contributed by atoms with Gasteiger partial charge < -0.3 is 20.2 Å². The predicted octanol–water partition coefficient (Wildman–Crippen LogP) is 2.75. The zero-order valence-electron chi connectivity index (χ0n) is 12.3. The molecule has 1 aromatic rings. The summed E-state index contributed by atoms with van der Waals surface area (Å²) in [6.45, 7) is 9.38. The number of rotatable bonds is 2. The molecule has 0 amide bonds. The van der Waals surface area contributed by atoms with Crippen molar-refractivity contribution in [2.75, 3.05) is 18.8 Å². The van der Waals surface area contributed by atoms with Crippen LogP contribution >= 0.6 is 11.3 Å². The van der Waals surface area contributed by atoms with E-state index in [0.717, 1.165) is 12.6 Å². The number of nitrogen functional groups attached to an aromatic ring is 1. The van der Waals surface area contributed by atoms with E-state index < -0.39 is 0 Å². The van der Waals surface area contributed by atoms with Crippen molar-refractivity contribution in [2.45, 2.75) is 33.1 Å². The molecule has 6 heteroatoms. The Balaban J connectivity index is 0. The summed E-state index contributed by atoms with van der Waals surface area (Å²) >= 11 is 1.44. The fraction of sp³-hybridized carbons (Fsp3) is 0.500. The van der Waals surface area contributed by atoms with Gasteiger partial charge in [-0.05, 0) is 26.0 Å². The van der Waals surface area contributed by atoms with Crippen molar-refractivity contribution in [3.8, 4) is 0 Å². The van der Waals surface area contributed by atoms with Crippen LogP contribution in [0.1, 0.15) is 33.1 Å². The lowest BCUT2D eigenvalue weighted by Crippen LogP contribution is -2.08. The molecule has 114 valence electrons. The van der Waals surface area contributed by atoms with Gasteiger partial charge in [0.2, 0.25) is 0 Å². The predicted molar refractivity (Wildman–Crippen MR) is 85.6 cm³/mol. The number of likely N-dealkylation sites (tertiary alicyclic amines) is 1. The summed E-state index contributed by atoms with van der Waals surface area (Å²) in [7, 11) is 0. The number of nitrogens with zero attached hydrogens (tertiary/aromatic N) is 2. The normalized spacial score (nSPS) is 11.6. The lowest BCUT2D eigenvalue weighted by Gasteiger charge is -2.07. The zero-order valence-corrected chi connectivity index (χ0v) is 13.1. The number of aldehydes is 2. The van der Waals surface area contributed by atoms with Crippen molar-refractivity contribution < 1.29 is 9.59 Å². The zero-order chi connectivity index (χ0) is 15.6. The van der Waals surface area contributed by atoms with Crippen LogP contribution in [0.4, 0.5) is 5.13 Å². The van der Waals surface area contributed by atoms with E-state index in [-0.39, 0.29) is 0 Å². The molecule has 20 heavy (non-hydrogen) atoms. The molecule has 1 aromatic heterocycles. The second-order valence-corrected chi connectivity index (χ2v) is 4.53. The first-order chi connectivity index (χ1) is 9.65. The number of carbonyl (C=O) groups excluding carboxylic acids is 2. The molecule has 1 aliphatic heterocycles. The average molecular weight is 299 g/mol. The van der Waals surface area contributed by atoms with E-state index in [1.165, 1.54) is 44.2 Å². The van der Waals surface area contributed by atoms with Crippen molar-refractivity contribution in [1.82, 2.24) is 9.88 Å². The molecule has 0 radical (unpaired) electrons. The van der Waals surface area contributed by atoms with Crippen LogP contribution in [0, 0.1) is 0 Å². The standard InChI is InChI=1S/C6H11N.C3H4N2S.C3H6O.C2H4O/c1-2-7-5-3-4-6-7;4-3-5-1-2-6-3;1-2-3-4;1-2-3/h2H,1,3-6H2;1-2H,(H2,4,5);3H,2H2,1H3;2H,1H3. The van der Waals surface area contributed by atoms with E-state index in [0.29, 0.717) is 11.6 Å². The molecule has 0 aliphatic carbocycles. The van der Waals surface area contributed by atoms with Crippen LogP contribution < -0.4 is 5.73 Å². The van der Waals surface area contributed by atoms with Crippen LogP contribution in [0.5, 0.6) is 0 Å². The molecule has 0 spiro atoms. The summed E-state index contributed by atoms with van der Waals surface area (Å²) in [4.78, 5) is 23.9. The van der Waals surface area contributed by atoms with E-state index in [9.17, 15) is 4.79 Å². The van der Waals surface area contributed by atoms with Gasteiger partial charge in [-0.25, -0.2) is 4.98 Å². The summed E-state index contributed by atoms with van der Waals surface area (Å²) in [5.41, 5.74) is 5.19. The summed E-state index contributed by atoms with van der Waals surface area (Å²) in [6.07, 6.45) is 8.57. The van der Waals surface area contributed by atoms with Gasteiger partial charge in [0.1, 0.15) is 12.6 Å². The Kier molecular flexibility index (Phi) is 17.9. The summed E-state index contributed by atoms with van der Waals surface area (Å²) in [6, 6.07) is 0. The first-order valence-electron chi connectivity index (χ1n) is 6.51. The maximum atomic E-state index is 9.17. The van der Waals surface area contributed by atoms with Crippen LogP contribution in [0.25, 0.3) is 0 Å². The minimum atomic E-state index is 0.634. The SMILES string of the molecule is C=CN1CCCC1.CC=O.CCC=O.Nc1nccs1. The maximum absolute atomic E-state index is 9.17. The van der Waals surface area contributed by atoms with Crippen LogP contribution in [-0.2, 0) is 9.59 Å². The second kappa shape index (κ2) is 17.3. The first kappa shape index (κ1) is 20.6. The topological polar surface area (TPSA) is 76.3 Å². The summed E-state index contributed by atoms with van der Waals surface area (Å²) in [5, 5.41) is 2.48. The average Bonchev–Trinajstić information content (AvgIpc) is 3.13. The van der Waals surface area contributed by atoms with Gasteiger partial charge in [-0.15, -0.1) is 11.3 Å². The molecule has 1 saturated heterocycles. The Morgan fingerprint density at radius 3 is 2.10 bits per heavy atom. The van der Waals surface area contributed by atoms with Crippen molar-refractivity contribution in [1.29, 1.82) is 0 Å². The van der Waals surface area contributed by atoms with Gasteiger partial charge in [0.15, 0.2) is 5.13 Å². The highest BCUT2D eigenvalue weighted by Gasteiger charge is 2.04. The third-order valence-electron chi connectivity index (χ3n) is 2.02. The third-order valence-corrected chi connectivity index (χ3v) is 2.62. The largest absolute Gasteiger partial charge is 0.378 e. The van der Waals surface area contributed by atoms with E-state index in [4.69, 9.17) is 10.5 Å². The molecular formula is C14H25N3O2S. The van der Waals surface area contributed by atoms with Crippen molar-refractivity contribution >= 4 is 29.0 Å². The Labute approximate surface area is 125 Å². The van der Waals surface area contributed by atoms with E-state index in [1.807, 2.05) is 18.5 Å². The Hall–Kier alpha value is -1.69. The second-order valence-electron chi connectivity index (χ2n) is 3.61. The quantitative estimate of drug-likeness (QED) is 0.850. The monoisotopic (exact) mass is 299 g/mol. The van der Waals surface area contributed by atoms with E-state index in [2.05, 4.69) is 16.5 Å². The number of thiazole rings is 1. The summed E-state index contributed by atoms with van der Waals surface area (Å²) in [5.74, 6) is 0. The van der Waals surface area contributed by atoms with Gasteiger partial charge in [0.25, 0.3) is 0 Å². The third kappa shape index (κ3) is 16.3. The molecule has 0 bridgehead atoms. The molecule has 2 heterocycles. The molecule has 2 N–H and O–H groups in total. The molecule has 1 fully saturated rings. The highest BCUT2D eigenvalue weighted by atomic mass is 32.1. The number of hydrogen-bond donors (Lipinski definition) is 1. The molecule has 5 nitrogen and oxygen atoms in total. The number of carbonyl (C=O) groups is 2. The van der Waals surface area contributed by atoms with E-state index >= 15 is 0 Å². The molecule has 0 atom stereocenters. The number of hydrogen-bond acceptors (Lipinski definition) is 6. The van der Waals surface area contributed by atoms with Gasteiger partial charge in [-0.2, -0.15) is 0 Å². The molecule has 0 saturated carbocycles. The Bertz CT molecular complexity index is 323. The van der Waals surface area contributed by atoms with Gasteiger partial charge in [-0.3, -0.25) is 0 Å². The number of nitrogens with two attached hydrogens (primary N) is 1. The lowest BCUT2D eigenvalue weighted by molar-refractivity contribution is -0.107. The van der Waals surface area contributed by atoms with E-state index in [1.54, 1.807) is 6.20 Å². The van der Waals surface area contributed by atoms with Gasteiger partial charge in [0, 0.05) is 31.1 Å². The molecule has 1 aliphatic rings. The first-order valence-corrected chi connectivity index (χ1v) is 7.39. The van der Waals surface area contributed by atoms with Gasteiger partial charge in [0.05, 0.1) is 0 Å². The Morgan fingerprint density at radius 2 is 1.95 bits per heavy atom. The molecule has 0 unspecified atom stereocenters. The minimum Gasteiger partial charge on any atom is -0.378 e. The fourth-order valence-electron chi connectivity index (χ4n) is 1.16. The van der Waals surface area contributed by atoms with Gasteiger partial charge in [-0.1, -0.05) is 13.5 Å². The Morgan fingerprint density at radius 1 is 1.45 bits per heavy atom. The lowest BCUT2D eigenvalue weighted by atomic mass is 10.4. The van der Waals surface area contributed by atoms with Gasteiger partial charge >= 0.3 is 0 Å². The highest BCUT2D eigenvalue weighted by molar-refractivity contribution is 7.13. The number of anilines is 1. The van der Waals surface area contributed by atoms with Crippen LogP contribution in [0.3, 0.4) is 0 Å². The fourth-order valence-corrected chi connectivity index (χ4v) is 1.54. The van der Waals surface area contributed by atoms with Crippen molar-refractivity contribution in [3.63, 3.8) is 0 Å². The van der Waals surface area contributed by atoms with Crippen LogP contribution in [-0.4, -0.2) is 35.5 Å². The van der Waals surface area contributed by atoms with Crippen molar-refractivity contribution in [3.05, 3.63) is 24.4 Å². The smallest absolute Gasteiger partial charge is 0.179 e. The number of aromatic nitrogens is 1. The summed E-state index contributed by atoms with van der Waals surface area (Å²) < 4.78 is 0. The maximum Gasteiger partial charge on any atom is 0.179 e. The minimum absolute atomic E-state index is 0.634.